The number of hydrogen-bond acceptors (Lipinski definition) is 3. The highest BCUT2D eigenvalue weighted by Crippen LogP contribution is 2.32. The molecule has 4 nitrogen and oxygen atoms in total. The molecule has 2 aromatic heterocycles. The molecule has 1 atom stereocenters. The van der Waals surface area contributed by atoms with Crippen LogP contribution in [-0.4, -0.2) is 15.9 Å². The van der Waals surface area contributed by atoms with Crippen LogP contribution in [0.3, 0.4) is 0 Å². The van der Waals surface area contributed by atoms with Crippen LogP contribution < -0.4 is 5.32 Å². The van der Waals surface area contributed by atoms with Gasteiger partial charge in [0.05, 0.1) is 22.8 Å². The second-order valence-electron chi connectivity index (χ2n) is 8.57. The van der Waals surface area contributed by atoms with Crippen LogP contribution in [0.25, 0.3) is 22.2 Å². The van der Waals surface area contributed by atoms with Crippen molar-refractivity contribution in [3.63, 3.8) is 0 Å². The van der Waals surface area contributed by atoms with E-state index in [0.717, 1.165) is 45.3 Å². The molecule has 0 saturated carbocycles. The monoisotopic (exact) mass is 457 g/mol. The molecule has 0 radical (unpaired) electrons. The van der Waals surface area contributed by atoms with Crippen LogP contribution >= 0.6 is 0 Å². The number of benzene rings is 3. The van der Waals surface area contributed by atoms with E-state index in [1.807, 2.05) is 84.9 Å². The quantitative estimate of drug-likeness (QED) is 0.293. The van der Waals surface area contributed by atoms with Crippen molar-refractivity contribution in [2.45, 2.75) is 25.8 Å². The van der Waals surface area contributed by atoms with E-state index in [9.17, 15) is 4.79 Å². The molecule has 0 aliphatic carbocycles. The number of carbonyl (C=O) groups excluding carboxylic acids is 1. The van der Waals surface area contributed by atoms with E-state index in [-0.39, 0.29) is 11.9 Å². The van der Waals surface area contributed by atoms with Crippen molar-refractivity contribution in [1.82, 2.24) is 15.3 Å². The third-order valence-corrected chi connectivity index (χ3v) is 6.31. The summed E-state index contributed by atoms with van der Waals surface area (Å²) in [5.41, 5.74) is 6.41. The van der Waals surface area contributed by atoms with Gasteiger partial charge >= 0.3 is 0 Å². The van der Waals surface area contributed by atoms with Crippen LogP contribution in [-0.2, 0) is 6.42 Å². The molecule has 4 heteroatoms. The van der Waals surface area contributed by atoms with Crippen LogP contribution in [0, 0.1) is 0 Å². The molecule has 2 heterocycles. The van der Waals surface area contributed by atoms with Crippen molar-refractivity contribution in [3.8, 4) is 11.3 Å². The Morgan fingerprint density at radius 1 is 0.829 bits per heavy atom. The van der Waals surface area contributed by atoms with E-state index in [4.69, 9.17) is 4.98 Å². The Bertz CT molecular complexity index is 1430. The molecule has 35 heavy (non-hydrogen) atoms. The Kier molecular flexibility index (Phi) is 6.62. The normalized spacial score (nSPS) is 11.8. The van der Waals surface area contributed by atoms with Crippen LogP contribution in [0.4, 0.5) is 0 Å². The Hall–Kier alpha value is -4.31. The molecule has 5 rings (SSSR count). The van der Waals surface area contributed by atoms with Gasteiger partial charge in [-0.1, -0.05) is 85.8 Å². The second-order valence-corrected chi connectivity index (χ2v) is 8.57. The fourth-order valence-corrected chi connectivity index (χ4v) is 4.56. The van der Waals surface area contributed by atoms with E-state index < -0.39 is 0 Å². The van der Waals surface area contributed by atoms with E-state index >= 15 is 0 Å². The molecule has 1 unspecified atom stereocenters. The van der Waals surface area contributed by atoms with Gasteiger partial charge in [-0.3, -0.25) is 9.78 Å². The standard InChI is InChI=1S/C31H27N3O/c1-2-27(23-11-5-3-6-12-23)34-31(35)29-25-15-9-10-16-28(25)33-30(24-13-7-4-8-14-24)26(29)21-22-17-19-32-20-18-22/h3-20,27H,2,21H2,1H3,(H,34,35). The maximum Gasteiger partial charge on any atom is 0.252 e. The van der Waals surface area contributed by atoms with Crippen molar-refractivity contribution >= 4 is 16.8 Å². The topological polar surface area (TPSA) is 54.9 Å². The summed E-state index contributed by atoms with van der Waals surface area (Å²) >= 11 is 0. The number of aromatic nitrogens is 2. The highest BCUT2D eigenvalue weighted by Gasteiger charge is 2.23. The number of nitrogens with zero attached hydrogens (tertiary/aromatic N) is 2. The van der Waals surface area contributed by atoms with Gasteiger partial charge in [0.25, 0.3) is 5.91 Å². The number of fused-ring (bicyclic) bond motifs is 1. The number of hydrogen-bond donors (Lipinski definition) is 1. The summed E-state index contributed by atoms with van der Waals surface area (Å²) in [6, 6.07) is 32.0. The van der Waals surface area contributed by atoms with Gasteiger partial charge in [-0.05, 0) is 41.3 Å². The third-order valence-electron chi connectivity index (χ3n) is 6.31. The molecular weight excluding hydrogens is 430 g/mol. The van der Waals surface area contributed by atoms with Gasteiger partial charge in [0.1, 0.15) is 0 Å². The predicted octanol–water partition coefficient (Wildman–Crippen LogP) is 6.77. The minimum absolute atomic E-state index is 0.0791. The van der Waals surface area contributed by atoms with Crippen LogP contribution in [0.2, 0.25) is 0 Å². The van der Waals surface area contributed by atoms with Gasteiger partial charge in [0.2, 0.25) is 0 Å². The lowest BCUT2D eigenvalue weighted by Crippen LogP contribution is -2.29. The lowest BCUT2D eigenvalue weighted by Gasteiger charge is -2.21. The number of amides is 1. The first-order valence-corrected chi connectivity index (χ1v) is 12.0. The van der Waals surface area contributed by atoms with Crippen molar-refractivity contribution < 1.29 is 4.79 Å². The smallest absolute Gasteiger partial charge is 0.252 e. The molecule has 0 fully saturated rings. The van der Waals surface area contributed by atoms with E-state index in [1.54, 1.807) is 12.4 Å². The fraction of sp³-hybridized carbons (Fsp3) is 0.129. The van der Waals surface area contributed by atoms with Gasteiger partial charge in [-0.2, -0.15) is 0 Å². The average molecular weight is 458 g/mol. The van der Waals surface area contributed by atoms with Gasteiger partial charge in [0.15, 0.2) is 0 Å². The first-order chi connectivity index (χ1) is 17.2. The number of carbonyl (C=O) groups is 1. The molecule has 0 spiro atoms. The van der Waals surface area contributed by atoms with Gasteiger partial charge in [-0.15, -0.1) is 0 Å². The lowest BCUT2D eigenvalue weighted by atomic mass is 9.91. The van der Waals surface area contributed by atoms with E-state index in [0.29, 0.717) is 12.0 Å². The average Bonchev–Trinajstić information content (AvgIpc) is 2.92. The Morgan fingerprint density at radius 3 is 2.20 bits per heavy atom. The van der Waals surface area contributed by atoms with Gasteiger partial charge < -0.3 is 5.32 Å². The molecular formula is C31H27N3O. The van der Waals surface area contributed by atoms with Gasteiger partial charge in [0, 0.05) is 29.8 Å². The predicted molar refractivity (Wildman–Crippen MR) is 141 cm³/mol. The van der Waals surface area contributed by atoms with Crippen LogP contribution in [0.1, 0.15) is 46.4 Å². The lowest BCUT2D eigenvalue weighted by molar-refractivity contribution is 0.0936. The molecule has 3 aromatic carbocycles. The zero-order valence-corrected chi connectivity index (χ0v) is 19.7. The van der Waals surface area contributed by atoms with Crippen LogP contribution in [0.5, 0.6) is 0 Å². The maximum absolute atomic E-state index is 14.0. The first-order valence-electron chi connectivity index (χ1n) is 12.0. The van der Waals surface area contributed by atoms with Crippen molar-refractivity contribution in [2.75, 3.05) is 0 Å². The minimum atomic E-state index is -0.0828. The molecule has 172 valence electrons. The highest BCUT2D eigenvalue weighted by molar-refractivity contribution is 6.09. The summed E-state index contributed by atoms with van der Waals surface area (Å²) in [5.74, 6) is -0.0828. The first kappa shape index (κ1) is 22.5. The summed E-state index contributed by atoms with van der Waals surface area (Å²) in [5, 5.41) is 4.18. The zero-order valence-electron chi connectivity index (χ0n) is 19.7. The molecule has 0 aliphatic rings. The Morgan fingerprint density at radius 2 is 1.49 bits per heavy atom. The van der Waals surface area contributed by atoms with Crippen molar-refractivity contribution in [2.24, 2.45) is 0 Å². The summed E-state index contributed by atoms with van der Waals surface area (Å²) in [6.07, 6.45) is 4.95. The number of pyridine rings is 2. The fourth-order valence-electron chi connectivity index (χ4n) is 4.56. The summed E-state index contributed by atoms with van der Waals surface area (Å²) in [4.78, 5) is 23.3. The summed E-state index contributed by atoms with van der Waals surface area (Å²) < 4.78 is 0. The molecule has 0 saturated heterocycles. The molecule has 5 aromatic rings. The number of para-hydroxylation sites is 1. The Labute approximate surface area is 205 Å². The number of nitrogens with one attached hydrogen (secondary N) is 1. The Balaban J connectivity index is 1.70. The molecule has 1 N–H and O–H groups in total. The van der Waals surface area contributed by atoms with Crippen molar-refractivity contribution in [1.29, 1.82) is 0 Å². The molecule has 0 bridgehead atoms. The minimum Gasteiger partial charge on any atom is -0.345 e. The van der Waals surface area contributed by atoms with E-state index in [1.165, 1.54) is 0 Å². The zero-order chi connectivity index (χ0) is 24.0. The summed E-state index contributed by atoms with van der Waals surface area (Å²) in [6.45, 7) is 2.09. The van der Waals surface area contributed by atoms with Crippen LogP contribution in [0.15, 0.2) is 109 Å². The van der Waals surface area contributed by atoms with Crippen molar-refractivity contribution in [3.05, 3.63) is 132 Å². The highest BCUT2D eigenvalue weighted by atomic mass is 16.1. The number of rotatable bonds is 7. The third kappa shape index (κ3) is 4.82. The largest absolute Gasteiger partial charge is 0.345 e. The second kappa shape index (κ2) is 10.3. The maximum atomic E-state index is 14.0. The SMILES string of the molecule is CCC(NC(=O)c1c(Cc2ccncc2)c(-c2ccccc2)nc2ccccc12)c1ccccc1. The summed E-state index contributed by atoms with van der Waals surface area (Å²) in [7, 11) is 0. The van der Waals surface area contributed by atoms with E-state index in [2.05, 4.69) is 29.4 Å². The molecule has 0 aliphatic heterocycles. The van der Waals surface area contributed by atoms with Gasteiger partial charge in [-0.25, -0.2) is 4.98 Å². The molecule has 1 amide bonds.